The quantitative estimate of drug-likeness (QED) is 0.903. The zero-order valence-corrected chi connectivity index (χ0v) is 11.2. The van der Waals surface area contributed by atoms with E-state index in [1.165, 1.54) is 12.8 Å². The minimum absolute atomic E-state index is 0.0165. The molecule has 0 aliphatic heterocycles. The largest absolute Gasteiger partial charge is 0.350 e. The van der Waals surface area contributed by atoms with E-state index in [2.05, 4.69) is 15.3 Å². The molecule has 1 aromatic heterocycles. The maximum atomic E-state index is 11.9. The molecule has 1 aromatic carbocycles. The number of hydrogen-bond acceptors (Lipinski definition) is 3. The van der Waals surface area contributed by atoms with E-state index in [0.717, 1.165) is 17.0 Å². The molecule has 4 nitrogen and oxygen atoms in total. The van der Waals surface area contributed by atoms with Gasteiger partial charge in [0.2, 0.25) is 5.91 Å². The average molecular weight is 267 g/mol. The lowest BCUT2D eigenvalue weighted by atomic mass is 10.1. The van der Waals surface area contributed by atoms with E-state index in [1.807, 2.05) is 36.4 Å². The molecule has 0 unspecified atom stereocenters. The van der Waals surface area contributed by atoms with Crippen LogP contribution in [0.1, 0.15) is 35.7 Å². The summed E-state index contributed by atoms with van der Waals surface area (Å²) in [5, 5.41) is 2.90. The van der Waals surface area contributed by atoms with Crippen molar-refractivity contribution in [3.63, 3.8) is 0 Å². The molecule has 0 bridgehead atoms. The molecular formula is C16H17N3O. The summed E-state index contributed by atoms with van der Waals surface area (Å²) in [7, 11) is 0. The molecule has 0 radical (unpaired) electrons. The van der Waals surface area contributed by atoms with E-state index in [-0.39, 0.29) is 5.91 Å². The number of nitrogens with zero attached hydrogens (tertiary/aromatic N) is 2. The van der Waals surface area contributed by atoms with Gasteiger partial charge >= 0.3 is 0 Å². The van der Waals surface area contributed by atoms with Crippen molar-refractivity contribution in [3.05, 3.63) is 59.7 Å². The molecule has 1 aliphatic rings. The van der Waals surface area contributed by atoms with Gasteiger partial charge in [0, 0.05) is 11.6 Å². The summed E-state index contributed by atoms with van der Waals surface area (Å²) < 4.78 is 0. The van der Waals surface area contributed by atoms with Crippen molar-refractivity contribution in [3.8, 4) is 0 Å². The first-order valence-corrected chi connectivity index (χ1v) is 6.93. The van der Waals surface area contributed by atoms with E-state index < -0.39 is 0 Å². The topological polar surface area (TPSA) is 54.9 Å². The predicted octanol–water partition coefficient (Wildman–Crippen LogP) is 2.21. The molecule has 102 valence electrons. The van der Waals surface area contributed by atoms with Crippen molar-refractivity contribution < 1.29 is 4.79 Å². The van der Waals surface area contributed by atoms with Gasteiger partial charge in [0.1, 0.15) is 6.33 Å². The second kappa shape index (κ2) is 5.82. The first-order chi connectivity index (χ1) is 9.81. The Balaban J connectivity index is 1.53. The minimum Gasteiger partial charge on any atom is -0.350 e. The number of carbonyl (C=O) groups is 1. The Morgan fingerprint density at radius 1 is 1.20 bits per heavy atom. The Morgan fingerprint density at radius 2 is 2.00 bits per heavy atom. The zero-order valence-electron chi connectivity index (χ0n) is 11.2. The van der Waals surface area contributed by atoms with Crippen molar-refractivity contribution in [1.82, 2.24) is 15.3 Å². The number of aromatic nitrogens is 2. The maximum absolute atomic E-state index is 11.9. The third kappa shape index (κ3) is 3.41. The summed E-state index contributed by atoms with van der Waals surface area (Å²) in [6.07, 6.45) is 4.43. The van der Waals surface area contributed by atoms with Crippen molar-refractivity contribution in [2.24, 2.45) is 0 Å². The van der Waals surface area contributed by atoms with Crippen LogP contribution in [-0.4, -0.2) is 15.9 Å². The number of benzene rings is 1. The van der Waals surface area contributed by atoms with E-state index >= 15 is 0 Å². The molecule has 0 saturated heterocycles. The molecule has 3 rings (SSSR count). The third-order valence-corrected chi connectivity index (χ3v) is 3.41. The fourth-order valence-corrected chi connectivity index (χ4v) is 2.15. The first-order valence-electron chi connectivity index (χ1n) is 6.93. The van der Waals surface area contributed by atoms with Crippen LogP contribution in [0.2, 0.25) is 0 Å². The van der Waals surface area contributed by atoms with E-state index in [0.29, 0.717) is 18.9 Å². The standard InChI is InChI=1S/C16H17N3O/c20-16(8-12-4-2-1-3-5-12)17-10-14-9-15(13-6-7-13)19-11-18-14/h1-5,9,11,13H,6-8,10H2,(H,17,20). The van der Waals surface area contributed by atoms with E-state index in [1.54, 1.807) is 6.33 Å². The van der Waals surface area contributed by atoms with Gasteiger partial charge in [0.25, 0.3) is 0 Å². The molecule has 2 aromatic rings. The predicted molar refractivity (Wildman–Crippen MR) is 76.0 cm³/mol. The van der Waals surface area contributed by atoms with Gasteiger partial charge in [-0.05, 0) is 24.5 Å². The summed E-state index contributed by atoms with van der Waals surface area (Å²) in [6, 6.07) is 11.7. The lowest BCUT2D eigenvalue weighted by Crippen LogP contribution is -2.25. The zero-order chi connectivity index (χ0) is 13.8. The summed E-state index contributed by atoms with van der Waals surface area (Å²) in [4.78, 5) is 20.3. The van der Waals surface area contributed by atoms with Gasteiger partial charge in [-0.25, -0.2) is 9.97 Å². The summed E-state index contributed by atoms with van der Waals surface area (Å²) >= 11 is 0. The molecule has 0 spiro atoms. The highest BCUT2D eigenvalue weighted by molar-refractivity contribution is 5.78. The number of amides is 1. The first kappa shape index (κ1) is 12.8. The van der Waals surface area contributed by atoms with Crippen LogP contribution >= 0.6 is 0 Å². The van der Waals surface area contributed by atoms with E-state index in [4.69, 9.17) is 0 Å². The molecule has 20 heavy (non-hydrogen) atoms. The third-order valence-electron chi connectivity index (χ3n) is 3.41. The van der Waals surface area contributed by atoms with Gasteiger partial charge < -0.3 is 5.32 Å². The fourth-order valence-electron chi connectivity index (χ4n) is 2.15. The Bertz CT molecular complexity index is 594. The van der Waals surface area contributed by atoms with Crippen molar-refractivity contribution in [2.75, 3.05) is 0 Å². The lowest BCUT2D eigenvalue weighted by Gasteiger charge is -2.06. The van der Waals surface area contributed by atoms with Crippen molar-refractivity contribution in [1.29, 1.82) is 0 Å². The van der Waals surface area contributed by atoms with Crippen LogP contribution < -0.4 is 5.32 Å². The Morgan fingerprint density at radius 3 is 2.75 bits per heavy atom. The normalized spacial score (nSPS) is 14.0. The Labute approximate surface area is 118 Å². The number of carbonyl (C=O) groups excluding carboxylic acids is 1. The van der Waals surface area contributed by atoms with Crippen molar-refractivity contribution in [2.45, 2.75) is 31.7 Å². The van der Waals surface area contributed by atoms with Crippen molar-refractivity contribution >= 4 is 5.91 Å². The number of hydrogen-bond donors (Lipinski definition) is 1. The van der Waals surface area contributed by atoms with Crippen LogP contribution in [0.25, 0.3) is 0 Å². The van der Waals surface area contributed by atoms with Gasteiger partial charge in [-0.1, -0.05) is 30.3 Å². The molecule has 4 heteroatoms. The minimum atomic E-state index is 0.0165. The smallest absolute Gasteiger partial charge is 0.224 e. The summed E-state index contributed by atoms with van der Waals surface area (Å²) in [6.45, 7) is 0.466. The molecular weight excluding hydrogens is 250 g/mol. The molecule has 1 amide bonds. The summed E-state index contributed by atoms with van der Waals surface area (Å²) in [5.41, 5.74) is 3.00. The van der Waals surface area contributed by atoms with Gasteiger partial charge in [-0.2, -0.15) is 0 Å². The highest BCUT2D eigenvalue weighted by atomic mass is 16.1. The van der Waals surface area contributed by atoms with Crippen LogP contribution in [0, 0.1) is 0 Å². The van der Waals surface area contributed by atoms with Crippen LogP contribution in [0.4, 0.5) is 0 Å². The molecule has 1 fully saturated rings. The molecule has 1 saturated carbocycles. The lowest BCUT2D eigenvalue weighted by molar-refractivity contribution is -0.120. The number of rotatable bonds is 5. The monoisotopic (exact) mass is 267 g/mol. The van der Waals surface area contributed by atoms with Gasteiger partial charge in [0.15, 0.2) is 0 Å². The van der Waals surface area contributed by atoms with Crippen LogP contribution in [0.15, 0.2) is 42.7 Å². The molecule has 1 N–H and O–H groups in total. The molecule has 0 atom stereocenters. The van der Waals surface area contributed by atoms with Gasteiger partial charge in [0.05, 0.1) is 18.7 Å². The maximum Gasteiger partial charge on any atom is 0.224 e. The Kier molecular flexibility index (Phi) is 3.72. The molecule has 1 aliphatic carbocycles. The average Bonchev–Trinajstić information content (AvgIpc) is 3.31. The van der Waals surface area contributed by atoms with Gasteiger partial charge in [-0.3, -0.25) is 4.79 Å². The van der Waals surface area contributed by atoms with Crippen LogP contribution in [0.5, 0.6) is 0 Å². The second-order valence-corrected chi connectivity index (χ2v) is 5.15. The number of nitrogens with one attached hydrogen (secondary N) is 1. The van der Waals surface area contributed by atoms with Gasteiger partial charge in [-0.15, -0.1) is 0 Å². The summed E-state index contributed by atoms with van der Waals surface area (Å²) in [5.74, 6) is 0.625. The second-order valence-electron chi connectivity index (χ2n) is 5.15. The Hall–Kier alpha value is -2.23. The fraction of sp³-hybridized carbons (Fsp3) is 0.312. The molecule has 1 heterocycles. The highest BCUT2D eigenvalue weighted by Gasteiger charge is 2.25. The highest BCUT2D eigenvalue weighted by Crippen LogP contribution is 2.38. The SMILES string of the molecule is O=C(Cc1ccccc1)NCc1cc(C2CC2)ncn1. The van der Waals surface area contributed by atoms with Crippen LogP contribution in [-0.2, 0) is 17.8 Å². The van der Waals surface area contributed by atoms with E-state index in [9.17, 15) is 4.79 Å². The van der Waals surface area contributed by atoms with Crippen LogP contribution in [0.3, 0.4) is 0 Å².